The van der Waals surface area contributed by atoms with Gasteiger partial charge in [0.05, 0.1) is 0 Å². The maximum atomic E-state index is 13.1. The minimum Gasteiger partial charge on any atom is -0.384 e. The van der Waals surface area contributed by atoms with E-state index in [1.54, 1.807) is 12.1 Å². The van der Waals surface area contributed by atoms with Crippen molar-refractivity contribution in [2.45, 2.75) is 19.3 Å². The number of halogens is 1. The molecule has 1 aromatic rings. The fourth-order valence-electron chi connectivity index (χ4n) is 2.06. The minimum atomic E-state index is -0.202. The van der Waals surface area contributed by atoms with Gasteiger partial charge in [0.2, 0.25) is 5.91 Å². The second kappa shape index (κ2) is 4.51. The molecule has 86 valence electrons. The molecule has 0 saturated carbocycles. The van der Waals surface area contributed by atoms with Crippen molar-refractivity contribution in [3.05, 3.63) is 29.6 Å². The Bertz CT molecular complexity index is 406. The molecule has 1 aromatic carbocycles. The summed E-state index contributed by atoms with van der Waals surface area (Å²) in [6.07, 6.45) is 0.836. The lowest BCUT2D eigenvalue weighted by atomic mass is 9.98. The highest BCUT2D eigenvalue weighted by Crippen LogP contribution is 2.33. The van der Waals surface area contributed by atoms with E-state index in [1.807, 2.05) is 0 Å². The van der Waals surface area contributed by atoms with Gasteiger partial charge < -0.3 is 10.6 Å². The second-order valence-corrected chi connectivity index (χ2v) is 4.08. The fourth-order valence-corrected chi connectivity index (χ4v) is 2.06. The van der Waals surface area contributed by atoms with Crippen LogP contribution >= 0.6 is 0 Å². The molecule has 16 heavy (non-hydrogen) atoms. The van der Waals surface area contributed by atoms with Crippen LogP contribution < -0.4 is 10.6 Å². The number of hydrogen-bond donors (Lipinski definition) is 2. The molecule has 2 N–H and O–H groups in total. The lowest BCUT2D eigenvalue weighted by Crippen LogP contribution is -2.22. The Kier molecular flexibility index (Phi) is 3.08. The van der Waals surface area contributed by atoms with Gasteiger partial charge in [0.1, 0.15) is 5.82 Å². The Hall–Kier alpha value is -1.58. The van der Waals surface area contributed by atoms with Crippen molar-refractivity contribution in [3.63, 3.8) is 0 Å². The molecular formula is C12H15FN2O. The Morgan fingerprint density at radius 1 is 1.62 bits per heavy atom. The standard InChI is InChI=1S/C12H15FN2O/c1-8(16)14-5-4-9-7-15-12-3-2-10(13)6-11(9)12/h2-3,6,9,15H,4-5,7H2,1H3,(H,14,16). The average Bonchev–Trinajstić information content (AvgIpc) is 2.60. The van der Waals surface area contributed by atoms with Gasteiger partial charge in [0.25, 0.3) is 0 Å². The Labute approximate surface area is 94.0 Å². The van der Waals surface area contributed by atoms with Crippen LogP contribution in [0, 0.1) is 5.82 Å². The minimum absolute atomic E-state index is 0.0228. The zero-order chi connectivity index (χ0) is 11.5. The van der Waals surface area contributed by atoms with E-state index in [2.05, 4.69) is 10.6 Å². The number of benzene rings is 1. The predicted molar refractivity (Wildman–Crippen MR) is 60.9 cm³/mol. The zero-order valence-electron chi connectivity index (χ0n) is 9.22. The number of carbonyl (C=O) groups is 1. The van der Waals surface area contributed by atoms with Crippen molar-refractivity contribution >= 4 is 11.6 Å². The molecule has 1 heterocycles. The summed E-state index contributed by atoms with van der Waals surface area (Å²) in [5.74, 6) is 0.0648. The fraction of sp³-hybridized carbons (Fsp3) is 0.417. The third kappa shape index (κ3) is 2.32. The number of rotatable bonds is 3. The van der Waals surface area contributed by atoms with Gasteiger partial charge in [0.15, 0.2) is 0 Å². The molecule has 0 saturated heterocycles. The van der Waals surface area contributed by atoms with E-state index >= 15 is 0 Å². The first-order valence-electron chi connectivity index (χ1n) is 5.44. The molecule has 2 rings (SSSR count). The number of amides is 1. The molecule has 1 unspecified atom stereocenters. The second-order valence-electron chi connectivity index (χ2n) is 4.08. The third-order valence-electron chi connectivity index (χ3n) is 2.86. The number of anilines is 1. The van der Waals surface area contributed by atoms with Crippen molar-refractivity contribution in [2.75, 3.05) is 18.4 Å². The summed E-state index contributed by atoms with van der Waals surface area (Å²) in [5, 5.41) is 5.99. The largest absolute Gasteiger partial charge is 0.384 e. The molecule has 3 nitrogen and oxygen atoms in total. The van der Waals surface area contributed by atoms with Crippen LogP contribution in [-0.2, 0) is 4.79 Å². The number of carbonyl (C=O) groups excluding carboxylic acids is 1. The summed E-state index contributed by atoms with van der Waals surface area (Å²) in [7, 11) is 0. The Morgan fingerprint density at radius 3 is 3.19 bits per heavy atom. The quantitative estimate of drug-likeness (QED) is 0.819. The molecule has 1 aliphatic rings. The highest BCUT2D eigenvalue weighted by molar-refractivity contribution is 5.72. The van der Waals surface area contributed by atoms with E-state index in [0.29, 0.717) is 6.54 Å². The van der Waals surface area contributed by atoms with Crippen molar-refractivity contribution in [3.8, 4) is 0 Å². The highest BCUT2D eigenvalue weighted by atomic mass is 19.1. The van der Waals surface area contributed by atoms with E-state index in [0.717, 1.165) is 24.2 Å². The summed E-state index contributed by atoms with van der Waals surface area (Å²) in [6.45, 7) is 2.95. The van der Waals surface area contributed by atoms with Crippen LogP contribution in [-0.4, -0.2) is 19.0 Å². The Balaban J connectivity index is 2.00. The Morgan fingerprint density at radius 2 is 2.44 bits per heavy atom. The molecule has 0 aromatic heterocycles. The van der Waals surface area contributed by atoms with Crippen molar-refractivity contribution in [1.29, 1.82) is 0 Å². The zero-order valence-corrected chi connectivity index (χ0v) is 9.22. The van der Waals surface area contributed by atoms with Crippen LogP contribution in [0.1, 0.15) is 24.8 Å². The average molecular weight is 222 g/mol. The smallest absolute Gasteiger partial charge is 0.216 e. The molecule has 1 atom stereocenters. The summed E-state index contributed by atoms with van der Waals surface area (Å²) in [6, 6.07) is 4.80. The summed E-state index contributed by atoms with van der Waals surface area (Å²) < 4.78 is 13.1. The van der Waals surface area contributed by atoms with E-state index < -0.39 is 0 Å². The third-order valence-corrected chi connectivity index (χ3v) is 2.86. The molecule has 0 radical (unpaired) electrons. The number of fused-ring (bicyclic) bond motifs is 1. The van der Waals surface area contributed by atoms with E-state index in [1.165, 1.54) is 13.0 Å². The van der Waals surface area contributed by atoms with Gasteiger partial charge in [-0.25, -0.2) is 4.39 Å². The van der Waals surface area contributed by atoms with Gasteiger partial charge in [0, 0.05) is 31.6 Å². The maximum Gasteiger partial charge on any atom is 0.216 e. The van der Waals surface area contributed by atoms with Gasteiger partial charge in [-0.15, -0.1) is 0 Å². The van der Waals surface area contributed by atoms with Crippen LogP contribution in [0.3, 0.4) is 0 Å². The molecule has 0 fully saturated rings. The van der Waals surface area contributed by atoms with Gasteiger partial charge in [-0.05, 0) is 30.2 Å². The molecule has 1 amide bonds. The van der Waals surface area contributed by atoms with Gasteiger partial charge >= 0.3 is 0 Å². The maximum absolute atomic E-state index is 13.1. The number of hydrogen-bond acceptors (Lipinski definition) is 2. The molecule has 0 aliphatic carbocycles. The molecule has 1 aliphatic heterocycles. The SMILES string of the molecule is CC(=O)NCCC1CNc2ccc(F)cc21. The molecular weight excluding hydrogens is 207 g/mol. The van der Waals surface area contributed by atoms with Gasteiger partial charge in [-0.1, -0.05) is 0 Å². The van der Waals surface area contributed by atoms with Gasteiger partial charge in [-0.2, -0.15) is 0 Å². The topological polar surface area (TPSA) is 41.1 Å². The van der Waals surface area contributed by atoms with Crippen LogP contribution in [0.15, 0.2) is 18.2 Å². The van der Waals surface area contributed by atoms with E-state index in [9.17, 15) is 9.18 Å². The first kappa shape index (κ1) is 10.9. The lowest BCUT2D eigenvalue weighted by molar-refractivity contribution is -0.118. The molecule has 0 bridgehead atoms. The van der Waals surface area contributed by atoms with E-state index in [-0.39, 0.29) is 17.6 Å². The molecule has 0 spiro atoms. The molecule has 4 heteroatoms. The van der Waals surface area contributed by atoms with Gasteiger partial charge in [-0.3, -0.25) is 4.79 Å². The summed E-state index contributed by atoms with van der Waals surface area (Å²) in [5.41, 5.74) is 2.03. The monoisotopic (exact) mass is 222 g/mol. The van der Waals surface area contributed by atoms with Crippen molar-refractivity contribution in [2.24, 2.45) is 0 Å². The number of nitrogens with one attached hydrogen (secondary N) is 2. The van der Waals surface area contributed by atoms with Crippen LogP contribution in [0.25, 0.3) is 0 Å². The van der Waals surface area contributed by atoms with Crippen LogP contribution in [0.5, 0.6) is 0 Å². The normalized spacial score (nSPS) is 17.8. The predicted octanol–water partition coefficient (Wildman–Crippen LogP) is 1.86. The highest BCUT2D eigenvalue weighted by Gasteiger charge is 2.22. The van der Waals surface area contributed by atoms with Crippen molar-refractivity contribution in [1.82, 2.24) is 5.32 Å². The van der Waals surface area contributed by atoms with E-state index in [4.69, 9.17) is 0 Å². The summed E-state index contributed by atoms with van der Waals surface area (Å²) in [4.78, 5) is 10.7. The lowest BCUT2D eigenvalue weighted by Gasteiger charge is -2.10. The first-order chi connectivity index (χ1) is 7.66. The van der Waals surface area contributed by atoms with Crippen LogP contribution in [0.2, 0.25) is 0 Å². The van der Waals surface area contributed by atoms with Crippen LogP contribution in [0.4, 0.5) is 10.1 Å². The van der Waals surface area contributed by atoms with Crippen molar-refractivity contribution < 1.29 is 9.18 Å². The summed E-state index contributed by atoms with van der Waals surface area (Å²) >= 11 is 0. The first-order valence-corrected chi connectivity index (χ1v) is 5.44.